The smallest absolute Gasteiger partial charge is 0.0630 e. The first-order valence-corrected chi connectivity index (χ1v) is 7.20. The second-order valence-corrected chi connectivity index (χ2v) is 5.02. The van der Waals surface area contributed by atoms with Crippen LogP contribution in [0.3, 0.4) is 0 Å². The second-order valence-electron chi connectivity index (χ2n) is 4.37. The van der Waals surface area contributed by atoms with Gasteiger partial charge in [0.1, 0.15) is 0 Å². The number of rotatable bonds is 4. The molecule has 1 unspecified atom stereocenters. The molecule has 2 fully saturated rings. The molecule has 94 valence electrons. The molecule has 0 N–H and O–H groups in total. The molecule has 2 saturated heterocycles. The first kappa shape index (κ1) is 12.8. The molecule has 0 aliphatic carbocycles. The van der Waals surface area contributed by atoms with Gasteiger partial charge in [0.25, 0.3) is 0 Å². The minimum absolute atomic E-state index is 0.551. The number of hydrogen-bond acceptors (Lipinski definition) is 4. The molecule has 2 aliphatic rings. The van der Waals surface area contributed by atoms with Crippen molar-refractivity contribution in [1.29, 1.82) is 0 Å². The molecule has 0 aromatic carbocycles. The molecular formula is C11H21BrN2O2. The van der Waals surface area contributed by atoms with Crippen molar-refractivity contribution in [3.63, 3.8) is 0 Å². The van der Waals surface area contributed by atoms with Crippen LogP contribution in [0.1, 0.15) is 0 Å². The Morgan fingerprint density at radius 2 is 1.75 bits per heavy atom. The summed E-state index contributed by atoms with van der Waals surface area (Å²) >= 11 is 3.56. The molecule has 2 aliphatic heterocycles. The summed E-state index contributed by atoms with van der Waals surface area (Å²) in [6, 6.07) is 0.551. The molecule has 0 bridgehead atoms. The summed E-state index contributed by atoms with van der Waals surface area (Å²) in [6.07, 6.45) is 0. The predicted octanol–water partition coefficient (Wildman–Crippen LogP) is 0.414. The van der Waals surface area contributed by atoms with Gasteiger partial charge in [0, 0.05) is 44.1 Å². The van der Waals surface area contributed by atoms with Gasteiger partial charge in [0.2, 0.25) is 0 Å². The Hall–Kier alpha value is 0.320. The van der Waals surface area contributed by atoms with E-state index in [1.807, 2.05) is 0 Å². The average Bonchev–Trinajstić information content (AvgIpc) is 2.38. The number of alkyl halides is 1. The number of morpholine rings is 2. The van der Waals surface area contributed by atoms with Gasteiger partial charge in [0.05, 0.1) is 26.4 Å². The predicted molar refractivity (Wildman–Crippen MR) is 67.2 cm³/mol. The van der Waals surface area contributed by atoms with Gasteiger partial charge in [-0.1, -0.05) is 15.9 Å². The van der Waals surface area contributed by atoms with Gasteiger partial charge in [0.15, 0.2) is 0 Å². The Morgan fingerprint density at radius 3 is 2.50 bits per heavy atom. The summed E-state index contributed by atoms with van der Waals surface area (Å²) < 4.78 is 10.8. The van der Waals surface area contributed by atoms with E-state index in [0.717, 1.165) is 64.5 Å². The number of hydrogen-bond donors (Lipinski definition) is 0. The maximum Gasteiger partial charge on any atom is 0.0630 e. The molecule has 0 radical (unpaired) electrons. The Kier molecular flexibility index (Phi) is 5.52. The van der Waals surface area contributed by atoms with E-state index in [9.17, 15) is 0 Å². The van der Waals surface area contributed by atoms with Gasteiger partial charge in [-0.2, -0.15) is 0 Å². The van der Waals surface area contributed by atoms with E-state index in [-0.39, 0.29) is 0 Å². The van der Waals surface area contributed by atoms with E-state index in [1.54, 1.807) is 0 Å². The molecule has 0 amide bonds. The van der Waals surface area contributed by atoms with Crippen LogP contribution in [-0.2, 0) is 9.47 Å². The molecule has 0 spiro atoms. The topological polar surface area (TPSA) is 24.9 Å². The Morgan fingerprint density at radius 1 is 1.00 bits per heavy atom. The Balaban J connectivity index is 1.70. The summed E-state index contributed by atoms with van der Waals surface area (Å²) in [6.45, 7) is 9.09. The molecular weight excluding hydrogens is 272 g/mol. The summed E-state index contributed by atoms with van der Waals surface area (Å²) in [5, 5.41) is 1.01. The van der Waals surface area contributed by atoms with Crippen LogP contribution in [0.25, 0.3) is 0 Å². The Labute approximate surface area is 106 Å². The first-order valence-electron chi connectivity index (χ1n) is 6.08. The van der Waals surface area contributed by atoms with Crippen LogP contribution < -0.4 is 0 Å². The van der Waals surface area contributed by atoms with E-state index in [4.69, 9.17) is 9.47 Å². The highest BCUT2D eigenvalue weighted by molar-refractivity contribution is 9.09. The SMILES string of the molecule is BrCC1COCCN1CCN1CCOCC1. The number of nitrogens with zero attached hydrogens (tertiary/aromatic N) is 2. The van der Waals surface area contributed by atoms with E-state index < -0.39 is 0 Å². The fraction of sp³-hybridized carbons (Fsp3) is 1.00. The minimum Gasteiger partial charge on any atom is -0.379 e. The molecule has 5 heteroatoms. The standard InChI is InChI=1S/C11H21BrN2O2/c12-9-11-10-16-8-5-14(11)2-1-13-3-6-15-7-4-13/h11H,1-10H2. The zero-order chi connectivity index (χ0) is 11.2. The highest BCUT2D eigenvalue weighted by atomic mass is 79.9. The Bertz CT molecular complexity index is 200. The van der Waals surface area contributed by atoms with Crippen molar-refractivity contribution in [2.24, 2.45) is 0 Å². The summed E-state index contributed by atoms with van der Waals surface area (Å²) in [5.41, 5.74) is 0. The van der Waals surface area contributed by atoms with E-state index in [2.05, 4.69) is 25.7 Å². The van der Waals surface area contributed by atoms with Crippen molar-refractivity contribution >= 4 is 15.9 Å². The van der Waals surface area contributed by atoms with Crippen molar-refractivity contribution in [2.75, 3.05) is 64.5 Å². The largest absolute Gasteiger partial charge is 0.379 e. The monoisotopic (exact) mass is 292 g/mol. The maximum atomic E-state index is 5.49. The lowest BCUT2D eigenvalue weighted by molar-refractivity contribution is -0.0107. The zero-order valence-electron chi connectivity index (χ0n) is 9.74. The van der Waals surface area contributed by atoms with Gasteiger partial charge in [-0.25, -0.2) is 0 Å². The quantitative estimate of drug-likeness (QED) is 0.701. The fourth-order valence-electron chi connectivity index (χ4n) is 2.22. The van der Waals surface area contributed by atoms with E-state index in [1.165, 1.54) is 0 Å². The van der Waals surface area contributed by atoms with Crippen molar-refractivity contribution in [2.45, 2.75) is 6.04 Å². The highest BCUT2D eigenvalue weighted by Gasteiger charge is 2.22. The van der Waals surface area contributed by atoms with Crippen LogP contribution in [0.4, 0.5) is 0 Å². The summed E-state index contributed by atoms with van der Waals surface area (Å²) in [4.78, 5) is 5.03. The minimum atomic E-state index is 0.551. The normalized spacial score (nSPS) is 29.4. The molecule has 4 nitrogen and oxygen atoms in total. The van der Waals surface area contributed by atoms with Crippen molar-refractivity contribution in [3.8, 4) is 0 Å². The van der Waals surface area contributed by atoms with Gasteiger partial charge >= 0.3 is 0 Å². The summed E-state index contributed by atoms with van der Waals surface area (Å²) in [7, 11) is 0. The van der Waals surface area contributed by atoms with Gasteiger partial charge in [-0.15, -0.1) is 0 Å². The molecule has 1 atom stereocenters. The van der Waals surface area contributed by atoms with Gasteiger partial charge < -0.3 is 9.47 Å². The van der Waals surface area contributed by atoms with Gasteiger partial charge in [-0.3, -0.25) is 9.80 Å². The van der Waals surface area contributed by atoms with Crippen LogP contribution in [0.2, 0.25) is 0 Å². The number of ether oxygens (including phenoxy) is 2. The molecule has 0 aromatic heterocycles. The van der Waals surface area contributed by atoms with Crippen molar-refractivity contribution in [1.82, 2.24) is 9.80 Å². The molecule has 0 saturated carbocycles. The lowest BCUT2D eigenvalue weighted by atomic mass is 10.2. The van der Waals surface area contributed by atoms with Crippen LogP contribution in [-0.4, -0.2) is 80.3 Å². The van der Waals surface area contributed by atoms with Crippen LogP contribution in [0.15, 0.2) is 0 Å². The molecule has 0 aromatic rings. The van der Waals surface area contributed by atoms with Gasteiger partial charge in [-0.05, 0) is 0 Å². The van der Waals surface area contributed by atoms with E-state index in [0.29, 0.717) is 6.04 Å². The lowest BCUT2D eigenvalue weighted by Crippen LogP contribution is -2.50. The first-order chi connectivity index (χ1) is 7.90. The third kappa shape index (κ3) is 3.67. The second kappa shape index (κ2) is 6.91. The highest BCUT2D eigenvalue weighted by Crippen LogP contribution is 2.09. The van der Waals surface area contributed by atoms with E-state index >= 15 is 0 Å². The van der Waals surface area contributed by atoms with Crippen molar-refractivity contribution in [3.05, 3.63) is 0 Å². The lowest BCUT2D eigenvalue weighted by Gasteiger charge is -2.36. The third-order valence-corrected chi connectivity index (χ3v) is 4.08. The number of halogens is 1. The van der Waals surface area contributed by atoms with Crippen molar-refractivity contribution < 1.29 is 9.47 Å². The molecule has 2 rings (SSSR count). The van der Waals surface area contributed by atoms with Crippen LogP contribution >= 0.6 is 15.9 Å². The maximum absolute atomic E-state index is 5.49. The molecule has 2 heterocycles. The molecule has 16 heavy (non-hydrogen) atoms. The fourth-order valence-corrected chi connectivity index (χ4v) is 2.82. The van der Waals surface area contributed by atoms with Crippen LogP contribution in [0.5, 0.6) is 0 Å². The summed E-state index contributed by atoms with van der Waals surface area (Å²) in [5.74, 6) is 0. The van der Waals surface area contributed by atoms with Crippen LogP contribution in [0, 0.1) is 0 Å². The zero-order valence-corrected chi connectivity index (χ0v) is 11.3. The average molecular weight is 293 g/mol. The third-order valence-electron chi connectivity index (χ3n) is 3.33.